The third kappa shape index (κ3) is 7.48. The zero-order valence-electron chi connectivity index (χ0n) is 14.8. The molecule has 3 N–H and O–H groups in total. The van der Waals surface area contributed by atoms with Crippen molar-refractivity contribution in [2.45, 2.75) is 25.7 Å². The summed E-state index contributed by atoms with van der Waals surface area (Å²) in [5.74, 6) is 0.833. The Balaban J connectivity index is 1.78. The van der Waals surface area contributed by atoms with E-state index in [1.165, 1.54) is 12.1 Å². The van der Waals surface area contributed by atoms with Crippen molar-refractivity contribution in [1.82, 2.24) is 10.6 Å². The van der Waals surface area contributed by atoms with Crippen LogP contribution < -0.4 is 15.4 Å². The molecule has 27 heavy (non-hydrogen) atoms. The summed E-state index contributed by atoms with van der Waals surface area (Å²) >= 11 is 1.61. The first kappa shape index (κ1) is 21.0. The van der Waals surface area contributed by atoms with Gasteiger partial charge in [0.05, 0.1) is 12.1 Å². The lowest BCUT2D eigenvalue weighted by atomic mass is 10.2. The van der Waals surface area contributed by atoms with E-state index < -0.39 is 17.8 Å². The number of guanidine groups is 1. The van der Waals surface area contributed by atoms with E-state index in [1.807, 2.05) is 24.4 Å². The Morgan fingerprint density at radius 3 is 2.56 bits per heavy atom. The van der Waals surface area contributed by atoms with Crippen molar-refractivity contribution in [3.05, 3.63) is 52.2 Å². The van der Waals surface area contributed by atoms with Gasteiger partial charge < -0.3 is 20.5 Å². The number of nitrogens with one attached hydrogen (secondary N) is 2. The average Bonchev–Trinajstić information content (AvgIpc) is 3.15. The van der Waals surface area contributed by atoms with Crippen LogP contribution in [-0.2, 0) is 12.7 Å². The predicted octanol–water partition coefficient (Wildman–Crippen LogP) is 3.26. The number of benzene rings is 1. The van der Waals surface area contributed by atoms with E-state index in [-0.39, 0.29) is 18.9 Å². The molecule has 2 aromatic rings. The molecule has 0 fully saturated rings. The summed E-state index contributed by atoms with van der Waals surface area (Å²) in [5, 5.41) is 18.1. The van der Waals surface area contributed by atoms with Crippen LogP contribution in [0.5, 0.6) is 5.75 Å². The van der Waals surface area contributed by atoms with Crippen molar-refractivity contribution in [3.8, 4) is 5.75 Å². The van der Waals surface area contributed by atoms with Crippen molar-refractivity contribution in [1.29, 1.82) is 0 Å². The highest BCUT2D eigenvalue weighted by molar-refractivity contribution is 7.09. The minimum Gasteiger partial charge on any atom is -0.491 e. The van der Waals surface area contributed by atoms with Gasteiger partial charge in [0.15, 0.2) is 5.96 Å². The number of aliphatic imine (C=N–C) groups is 1. The maximum atomic E-state index is 12.5. The van der Waals surface area contributed by atoms with Gasteiger partial charge in [-0.25, -0.2) is 4.99 Å². The highest BCUT2D eigenvalue weighted by Gasteiger charge is 2.30. The Hall–Kier alpha value is -2.26. The third-order valence-corrected chi connectivity index (χ3v) is 4.31. The molecule has 1 heterocycles. The number of aliphatic hydroxyl groups excluding tert-OH is 1. The molecule has 148 valence electrons. The van der Waals surface area contributed by atoms with Crippen LogP contribution in [-0.4, -0.2) is 36.9 Å². The molecule has 0 amide bonds. The highest BCUT2D eigenvalue weighted by Crippen LogP contribution is 2.30. The number of thiophene rings is 1. The van der Waals surface area contributed by atoms with Crippen molar-refractivity contribution >= 4 is 17.3 Å². The summed E-state index contributed by atoms with van der Waals surface area (Å²) in [7, 11) is 0. The molecule has 5 nitrogen and oxygen atoms in total. The van der Waals surface area contributed by atoms with Crippen molar-refractivity contribution in [2.75, 3.05) is 19.7 Å². The summed E-state index contributed by atoms with van der Waals surface area (Å²) in [6.07, 6.45) is -5.23. The molecule has 1 atom stereocenters. The number of aliphatic hydroxyl groups is 1. The fourth-order valence-electron chi connectivity index (χ4n) is 2.11. The molecule has 0 aliphatic heterocycles. The van der Waals surface area contributed by atoms with Gasteiger partial charge in [0.1, 0.15) is 18.5 Å². The van der Waals surface area contributed by atoms with Gasteiger partial charge in [-0.05, 0) is 42.6 Å². The largest absolute Gasteiger partial charge is 0.491 e. The van der Waals surface area contributed by atoms with E-state index in [0.29, 0.717) is 19.0 Å². The number of alkyl halides is 3. The van der Waals surface area contributed by atoms with E-state index in [0.717, 1.165) is 17.0 Å². The van der Waals surface area contributed by atoms with E-state index in [1.54, 1.807) is 11.3 Å². The molecular weight excluding hydrogens is 379 g/mol. The molecule has 0 radical (unpaired) electrons. The molecule has 1 aromatic heterocycles. The summed E-state index contributed by atoms with van der Waals surface area (Å²) in [4.78, 5) is 5.55. The maximum absolute atomic E-state index is 12.5. The lowest BCUT2D eigenvalue weighted by Gasteiger charge is -2.16. The molecular formula is C18H22F3N3O2S. The number of ether oxygens (including phenoxy) is 1. The second kappa shape index (κ2) is 10.2. The van der Waals surface area contributed by atoms with Gasteiger partial charge in [-0.1, -0.05) is 6.07 Å². The van der Waals surface area contributed by atoms with Gasteiger partial charge in [0.25, 0.3) is 0 Å². The van der Waals surface area contributed by atoms with Gasteiger partial charge in [-0.2, -0.15) is 13.2 Å². The van der Waals surface area contributed by atoms with E-state index in [9.17, 15) is 18.3 Å². The number of hydrogen-bond donors (Lipinski definition) is 3. The molecule has 0 aliphatic rings. The number of halogens is 3. The second-order valence-electron chi connectivity index (χ2n) is 5.64. The number of nitrogens with zero attached hydrogens (tertiary/aromatic N) is 1. The molecule has 1 aromatic carbocycles. The zero-order chi connectivity index (χ0) is 19.7. The minimum absolute atomic E-state index is 0.0529. The molecule has 9 heteroatoms. The monoisotopic (exact) mass is 401 g/mol. The third-order valence-electron chi connectivity index (χ3n) is 3.45. The van der Waals surface area contributed by atoms with Crippen LogP contribution in [0.2, 0.25) is 0 Å². The fourth-order valence-corrected chi connectivity index (χ4v) is 2.74. The van der Waals surface area contributed by atoms with Crippen LogP contribution in [0.3, 0.4) is 0 Å². The van der Waals surface area contributed by atoms with Gasteiger partial charge >= 0.3 is 6.18 Å². The van der Waals surface area contributed by atoms with Crippen LogP contribution in [0.15, 0.2) is 46.8 Å². The smallest absolute Gasteiger partial charge is 0.416 e. The quantitative estimate of drug-likeness (QED) is 0.469. The van der Waals surface area contributed by atoms with E-state index in [4.69, 9.17) is 4.74 Å². The lowest BCUT2D eigenvalue weighted by Crippen LogP contribution is -2.42. The SMILES string of the molecule is CCNC(=NCc1cccs1)NCC(O)COc1ccc(C(F)(F)F)cc1. The maximum Gasteiger partial charge on any atom is 0.416 e. The summed E-state index contributed by atoms with van der Waals surface area (Å²) in [6.45, 7) is 3.28. The Morgan fingerprint density at radius 2 is 1.96 bits per heavy atom. The first-order valence-electron chi connectivity index (χ1n) is 8.41. The first-order valence-corrected chi connectivity index (χ1v) is 9.29. The molecule has 0 saturated heterocycles. The Labute approximate surface area is 159 Å². The summed E-state index contributed by atoms with van der Waals surface area (Å²) in [6, 6.07) is 8.30. The van der Waals surface area contributed by atoms with Gasteiger partial charge in [-0.3, -0.25) is 0 Å². The van der Waals surface area contributed by atoms with Crippen molar-refractivity contribution in [3.63, 3.8) is 0 Å². The lowest BCUT2D eigenvalue weighted by molar-refractivity contribution is -0.137. The molecule has 2 rings (SSSR count). The van der Waals surface area contributed by atoms with Gasteiger partial charge in [0.2, 0.25) is 0 Å². The van der Waals surface area contributed by atoms with Crippen LogP contribution in [0.1, 0.15) is 17.4 Å². The minimum atomic E-state index is -4.38. The Bertz CT molecular complexity index is 704. The van der Waals surface area contributed by atoms with Crippen LogP contribution in [0, 0.1) is 0 Å². The first-order chi connectivity index (χ1) is 12.9. The van der Waals surface area contributed by atoms with E-state index >= 15 is 0 Å². The topological polar surface area (TPSA) is 65.9 Å². The Morgan fingerprint density at radius 1 is 1.22 bits per heavy atom. The number of rotatable bonds is 8. The normalized spacial score (nSPS) is 13.3. The van der Waals surface area contributed by atoms with Crippen LogP contribution in [0.4, 0.5) is 13.2 Å². The highest BCUT2D eigenvalue weighted by atomic mass is 32.1. The van der Waals surface area contributed by atoms with Crippen LogP contribution in [0.25, 0.3) is 0 Å². The van der Waals surface area contributed by atoms with Crippen molar-refractivity contribution in [2.24, 2.45) is 4.99 Å². The number of hydrogen-bond acceptors (Lipinski definition) is 4. The predicted molar refractivity (Wildman–Crippen MR) is 100 cm³/mol. The second-order valence-corrected chi connectivity index (χ2v) is 6.67. The molecule has 1 unspecified atom stereocenters. The summed E-state index contributed by atoms with van der Waals surface area (Å²) < 4.78 is 42.9. The van der Waals surface area contributed by atoms with Crippen molar-refractivity contribution < 1.29 is 23.0 Å². The molecule has 0 saturated carbocycles. The van der Waals surface area contributed by atoms with Gasteiger partial charge in [-0.15, -0.1) is 11.3 Å². The molecule has 0 spiro atoms. The zero-order valence-corrected chi connectivity index (χ0v) is 15.6. The summed E-state index contributed by atoms with van der Waals surface area (Å²) in [5.41, 5.74) is -0.741. The molecule has 0 aliphatic carbocycles. The van der Waals surface area contributed by atoms with Crippen LogP contribution >= 0.6 is 11.3 Å². The standard InChI is InChI=1S/C18H22F3N3O2S/c1-2-22-17(24-11-16-4-3-9-27-16)23-10-14(25)12-26-15-7-5-13(6-8-15)18(19,20)21/h3-9,14,25H,2,10-12H2,1H3,(H2,22,23,24). The molecule has 0 bridgehead atoms. The fraction of sp³-hybridized carbons (Fsp3) is 0.389. The Kier molecular flexibility index (Phi) is 7.93. The van der Waals surface area contributed by atoms with Gasteiger partial charge in [0, 0.05) is 18.0 Å². The average molecular weight is 401 g/mol. The van der Waals surface area contributed by atoms with E-state index in [2.05, 4.69) is 15.6 Å².